The van der Waals surface area contributed by atoms with Crippen LogP contribution in [0.25, 0.3) is 0 Å². The van der Waals surface area contributed by atoms with Gasteiger partial charge in [-0.25, -0.2) is 0 Å². The van der Waals surface area contributed by atoms with Crippen molar-refractivity contribution in [1.29, 1.82) is 0 Å². The number of allylic oxidation sites excluding steroid dienone is 23. The van der Waals surface area contributed by atoms with Gasteiger partial charge < -0.3 is 28.8 Å². The highest BCUT2D eigenvalue weighted by Gasteiger charge is 2.23. The number of hydrogen-bond donors (Lipinski definition) is 2. The molecule has 1 amide bonds. The third-order valence-corrected chi connectivity index (χ3v) is 14.5. The molecule has 0 spiro atoms. The predicted octanol–water partition coefficient (Wildman–Crippen LogP) is 19.8. The highest BCUT2D eigenvalue weighted by atomic mass is 31.2. The van der Waals surface area contributed by atoms with Crippen LogP contribution in [0, 0.1) is 0 Å². The summed E-state index contributed by atoms with van der Waals surface area (Å²) < 4.78 is 23.3. The fourth-order valence-corrected chi connectivity index (χ4v) is 9.27. The van der Waals surface area contributed by atoms with E-state index in [1.165, 1.54) is 109 Å². The zero-order chi connectivity index (χ0) is 58.4. The van der Waals surface area contributed by atoms with Gasteiger partial charge in [-0.3, -0.25) is 9.36 Å². The Morgan fingerprint density at radius 1 is 0.450 bits per heavy atom. The lowest BCUT2D eigenvalue weighted by atomic mass is 10.0. The Balaban J connectivity index is 4.13. The largest absolute Gasteiger partial charge is 0.756 e. The van der Waals surface area contributed by atoms with E-state index in [1.54, 1.807) is 6.08 Å². The number of carbonyl (C=O) groups is 1. The summed E-state index contributed by atoms with van der Waals surface area (Å²) in [5.74, 6) is -0.217. The minimum Gasteiger partial charge on any atom is -0.756 e. The summed E-state index contributed by atoms with van der Waals surface area (Å²) in [7, 11) is 1.22. The Hall–Kier alpha value is -3.62. The molecule has 0 aliphatic heterocycles. The molecular formula is C71H121N2O6P. The van der Waals surface area contributed by atoms with Crippen LogP contribution >= 0.6 is 7.82 Å². The molecule has 0 saturated heterocycles. The third kappa shape index (κ3) is 62.0. The normalized spacial score (nSPS) is 14.7. The lowest BCUT2D eigenvalue weighted by Gasteiger charge is -2.29. The maximum atomic E-state index is 13.0. The average molecular weight is 1130 g/mol. The van der Waals surface area contributed by atoms with Crippen molar-refractivity contribution in [2.24, 2.45) is 0 Å². The Morgan fingerprint density at radius 2 is 0.775 bits per heavy atom. The number of aliphatic hydroxyl groups is 1. The summed E-state index contributed by atoms with van der Waals surface area (Å²) in [4.78, 5) is 25.5. The number of phosphoric ester groups is 1. The van der Waals surface area contributed by atoms with Crippen molar-refractivity contribution in [3.05, 3.63) is 146 Å². The molecule has 3 unspecified atom stereocenters. The van der Waals surface area contributed by atoms with E-state index < -0.39 is 26.6 Å². The first kappa shape index (κ1) is 76.4. The number of likely N-dealkylation sites (N-methyl/N-ethyl adjacent to an activating group) is 1. The Labute approximate surface area is 493 Å². The van der Waals surface area contributed by atoms with Crippen molar-refractivity contribution >= 4 is 13.7 Å². The van der Waals surface area contributed by atoms with E-state index in [0.29, 0.717) is 17.4 Å². The molecule has 0 aromatic heterocycles. The summed E-state index contributed by atoms with van der Waals surface area (Å²) in [6, 6.07) is -0.916. The quantitative estimate of drug-likeness (QED) is 0.0272. The lowest BCUT2D eigenvalue weighted by Crippen LogP contribution is -2.45. The first-order valence-corrected chi connectivity index (χ1v) is 33.7. The Morgan fingerprint density at radius 3 is 1.16 bits per heavy atom. The number of nitrogens with zero attached hydrogens (tertiary/aromatic N) is 1. The van der Waals surface area contributed by atoms with E-state index in [1.807, 2.05) is 27.2 Å². The number of quaternary nitrogens is 1. The average Bonchev–Trinajstić information content (AvgIpc) is 3.42. The number of unbranched alkanes of at least 4 members (excludes halogenated alkanes) is 22. The molecule has 2 N–H and O–H groups in total. The number of carbonyl (C=O) groups excluding carboxylic acids is 1. The number of nitrogens with one attached hydrogen (secondary N) is 1. The number of phosphoric acid groups is 1. The maximum Gasteiger partial charge on any atom is 0.268 e. The van der Waals surface area contributed by atoms with Crippen LogP contribution in [0.2, 0.25) is 0 Å². The van der Waals surface area contributed by atoms with E-state index >= 15 is 0 Å². The molecule has 9 heteroatoms. The molecule has 456 valence electrons. The van der Waals surface area contributed by atoms with Gasteiger partial charge in [-0.1, -0.05) is 275 Å². The zero-order valence-electron chi connectivity index (χ0n) is 52.0. The van der Waals surface area contributed by atoms with Gasteiger partial charge in [0.1, 0.15) is 13.2 Å². The fourth-order valence-electron chi connectivity index (χ4n) is 8.55. The second-order valence-corrected chi connectivity index (χ2v) is 23.8. The van der Waals surface area contributed by atoms with Gasteiger partial charge in [0, 0.05) is 6.42 Å². The van der Waals surface area contributed by atoms with Crippen LogP contribution in [0.5, 0.6) is 0 Å². The molecule has 0 aromatic carbocycles. The van der Waals surface area contributed by atoms with Crippen LogP contribution in [-0.4, -0.2) is 68.5 Å². The summed E-state index contributed by atoms with van der Waals surface area (Å²) in [6.07, 6.45) is 92.3. The predicted molar refractivity (Wildman–Crippen MR) is 348 cm³/mol. The van der Waals surface area contributed by atoms with Crippen LogP contribution in [-0.2, 0) is 18.4 Å². The Kier molecular flexibility index (Phi) is 57.3. The second-order valence-electron chi connectivity index (χ2n) is 22.4. The van der Waals surface area contributed by atoms with E-state index in [9.17, 15) is 19.4 Å². The fraction of sp³-hybridized carbons (Fsp3) is 0.648. The van der Waals surface area contributed by atoms with Gasteiger partial charge in [0.25, 0.3) is 7.82 Å². The van der Waals surface area contributed by atoms with Crippen LogP contribution in [0.4, 0.5) is 0 Å². The second kappa shape index (κ2) is 60.0. The summed E-state index contributed by atoms with van der Waals surface area (Å²) >= 11 is 0. The van der Waals surface area contributed by atoms with Gasteiger partial charge in [-0.2, -0.15) is 0 Å². The molecular weight excluding hydrogens is 1010 g/mol. The van der Waals surface area contributed by atoms with E-state index in [2.05, 4.69) is 153 Å². The van der Waals surface area contributed by atoms with E-state index in [-0.39, 0.29) is 12.5 Å². The van der Waals surface area contributed by atoms with Crippen LogP contribution in [0.1, 0.15) is 245 Å². The topological polar surface area (TPSA) is 108 Å². The molecule has 3 atom stereocenters. The molecule has 0 aliphatic carbocycles. The third-order valence-electron chi connectivity index (χ3n) is 13.5. The monoisotopic (exact) mass is 1130 g/mol. The first-order chi connectivity index (χ1) is 39.0. The highest BCUT2D eigenvalue weighted by molar-refractivity contribution is 7.45. The van der Waals surface area contributed by atoms with Gasteiger partial charge in [0.05, 0.1) is 39.9 Å². The van der Waals surface area contributed by atoms with Crippen LogP contribution < -0.4 is 10.2 Å². The molecule has 0 aliphatic rings. The van der Waals surface area contributed by atoms with Gasteiger partial charge in [-0.15, -0.1) is 0 Å². The number of aliphatic hydroxyl groups excluding tert-OH is 1. The SMILES string of the molecule is CC/C=C\C/C=C\C/C=C\C/C=C\C/C=C\C/C=C\C/C=C\C/C=C\C/C=C\C/C=C\CCCCCCCCCCCCC(=O)NC(COP(=O)([O-])OCC[N+](C)(C)C)C(O)/C=C/CC/C=C/CCCCCCCCCCCCC. The highest BCUT2D eigenvalue weighted by Crippen LogP contribution is 2.38. The van der Waals surface area contributed by atoms with Gasteiger partial charge in [0.15, 0.2) is 0 Å². The Bertz CT molecular complexity index is 1810. The van der Waals surface area contributed by atoms with Crippen molar-refractivity contribution in [3.63, 3.8) is 0 Å². The number of rotatable bonds is 57. The van der Waals surface area contributed by atoms with E-state index in [4.69, 9.17) is 9.05 Å². The standard InChI is InChI=1S/C71H121N2O6P/c1-6-8-10-12-14-16-18-20-22-24-25-26-27-28-29-30-31-32-33-34-35-36-37-38-39-40-41-42-43-44-45-46-47-49-51-53-55-57-59-61-63-65-71(75)72-69(68-79-80(76,77)78-67-66-73(3,4)5)70(74)64-62-60-58-56-54-52-50-48-23-21-19-17-15-13-11-9-7-2/h8,10,14,16,20,22,25-26,28-29,31-32,34-35,37-38,40-41,43-44,54,56,62,64,69-70,74H,6-7,9,11-13,15,17-19,21,23-24,27,30,33,36,39,42,45-53,55,57-61,63,65-68H2,1-5H3,(H-,72,75,76,77)/b10-8-,16-14-,22-20-,26-25-,29-28-,32-31-,35-34-,38-37-,41-40-,44-43-,56-54+,64-62+. The molecule has 80 heavy (non-hydrogen) atoms. The van der Waals surface area contributed by atoms with Crippen molar-refractivity contribution < 1.29 is 32.9 Å². The first-order valence-electron chi connectivity index (χ1n) is 32.2. The number of hydrogen-bond acceptors (Lipinski definition) is 6. The minimum atomic E-state index is -4.62. The summed E-state index contributed by atoms with van der Waals surface area (Å²) in [5, 5.41) is 13.9. The molecule has 0 aromatic rings. The number of amides is 1. The maximum absolute atomic E-state index is 13.0. The van der Waals surface area contributed by atoms with E-state index in [0.717, 1.165) is 116 Å². The molecule has 0 rings (SSSR count). The van der Waals surface area contributed by atoms with Gasteiger partial charge in [-0.05, 0) is 109 Å². The molecule has 0 fully saturated rings. The van der Waals surface area contributed by atoms with Crippen molar-refractivity contribution in [3.8, 4) is 0 Å². The molecule has 8 nitrogen and oxygen atoms in total. The van der Waals surface area contributed by atoms with Crippen LogP contribution in [0.3, 0.4) is 0 Å². The van der Waals surface area contributed by atoms with Crippen LogP contribution in [0.15, 0.2) is 146 Å². The van der Waals surface area contributed by atoms with Crippen molar-refractivity contribution in [1.82, 2.24) is 5.32 Å². The summed E-state index contributed by atoms with van der Waals surface area (Å²) in [6.45, 7) is 4.50. The molecule has 0 radical (unpaired) electrons. The zero-order valence-corrected chi connectivity index (χ0v) is 52.9. The van der Waals surface area contributed by atoms with Gasteiger partial charge >= 0.3 is 0 Å². The smallest absolute Gasteiger partial charge is 0.268 e. The van der Waals surface area contributed by atoms with Crippen molar-refractivity contribution in [2.45, 2.75) is 257 Å². The molecule has 0 heterocycles. The lowest BCUT2D eigenvalue weighted by molar-refractivity contribution is -0.870. The van der Waals surface area contributed by atoms with Gasteiger partial charge in [0.2, 0.25) is 5.91 Å². The molecule has 0 bridgehead atoms. The van der Waals surface area contributed by atoms with Crippen molar-refractivity contribution in [2.75, 3.05) is 40.9 Å². The molecule has 0 saturated carbocycles. The summed E-state index contributed by atoms with van der Waals surface area (Å²) in [5.41, 5.74) is 0. The minimum absolute atomic E-state index is 0.0136.